The van der Waals surface area contributed by atoms with E-state index in [9.17, 15) is 4.79 Å². The van der Waals surface area contributed by atoms with E-state index >= 15 is 0 Å². The number of aromatic amines is 1. The topological polar surface area (TPSA) is 101 Å². The normalized spacial score (nSPS) is 11.0. The Morgan fingerprint density at radius 1 is 1.31 bits per heavy atom. The predicted molar refractivity (Wildman–Crippen MR) is 104 cm³/mol. The van der Waals surface area contributed by atoms with Crippen molar-refractivity contribution < 1.29 is 0 Å². The van der Waals surface area contributed by atoms with E-state index in [1.807, 2.05) is 43.5 Å². The van der Waals surface area contributed by atoms with Crippen molar-refractivity contribution in [3.05, 3.63) is 70.7 Å². The van der Waals surface area contributed by atoms with Gasteiger partial charge >= 0.3 is 5.69 Å². The molecule has 2 aromatic heterocycles. The number of benzene rings is 1. The molecule has 5 N–H and O–H groups in total. The van der Waals surface area contributed by atoms with E-state index in [1.165, 1.54) is 0 Å². The van der Waals surface area contributed by atoms with Crippen LogP contribution in [-0.2, 0) is 6.54 Å². The summed E-state index contributed by atoms with van der Waals surface area (Å²) in [7, 11) is 0. The van der Waals surface area contributed by atoms with Crippen molar-refractivity contribution in [2.75, 3.05) is 13.1 Å². The molecule has 3 aromatic rings. The number of nitrogens with zero attached hydrogens (tertiary/aromatic N) is 2. The van der Waals surface area contributed by atoms with Crippen LogP contribution in [0.25, 0.3) is 16.7 Å². The second kappa shape index (κ2) is 7.88. The third kappa shape index (κ3) is 4.31. The van der Waals surface area contributed by atoms with Gasteiger partial charge in [-0.15, -0.1) is 0 Å². The van der Waals surface area contributed by atoms with Crippen molar-refractivity contribution in [1.29, 1.82) is 0 Å². The van der Waals surface area contributed by atoms with E-state index < -0.39 is 0 Å². The molecule has 7 nitrogen and oxygen atoms in total. The molecule has 0 fully saturated rings. The van der Waals surface area contributed by atoms with Gasteiger partial charge in [-0.2, -0.15) is 4.98 Å². The molecular weight excluding hydrogens is 328 g/mol. The molecule has 0 atom stereocenters. The second-order valence-corrected chi connectivity index (χ2v) is 6.30. The van der Waals surface area contributed by atoms with Crippen LogP contribution in [0.1, 0.15) is 17.7 Å². The summed E-state index contributed by atoms with van der Waals surface area (Å²) in [5, 5.41) is 7.29. The standard InChI is InChI=1S/C19H24N6O/c1-13-10-16-12-25(19(26)24-18(16)23-13)17-6-4-15(5-7-17)11-21-8-3-9-22-14(2)20/h4-7,10,12,21-22H,2-3,8-9,11,20H2,1H3,(H,23,24,26). The Bertz CT molecular complexity index is 954. The van der Waals surface area contributed by atoms with Crippen molar-refractivity contribution in [3.8, 4) is 5.69 Å². The molecule has 0 saturated carbocycles. The smallest absolute Gasteiger partial charge is 0.354 e. The molecule has 0 aliphatic carbocycles. The minimum Gasteiger partial charge on any atom is -0.386 e. The number of nitrogens with two attached hydrogens (primary N) is 1. The van der Waals surface area contributed by atoms with E-state index in [-0.39, 0.29) is 5.69 Å². The number of aromatic nitrogens is 3. The van der Waals surface area contributed by atoms with Gasteiger partial charge in [0, 0.05) is 30.4 Å². The van der Waals surface area contributed by atoms with E-state index in [0.29, 0.717) is 11.5 Å². The number of hydrogen-bond acceptors (Lipinski definition) is 5. The number of fused-ring (bicyclic) bond motifs is 1. The van der Waals surface area contributed by atoms with Gasteiger partial charge < -0.3 is 21.4 Å². The SMILES string of the molecule is C=C(N)NCCCNCc1ccc(-n2cc3cc(C)[nH]c3nc2=O)cc1. The van der Waals surface area contributed by atoms with Crippen LogP contribution in [0, 0.1) is 6.92 Å². The van der Waals surface area contributed by atoms with Crippen molar-refractivity contribution in [3.63, 3.8) is 0 Å². The molecule has 26 heavy (non-hydrogen) atoms. The van der Waals surface area contributed by atoms with Crippen molar-refractivity contribution in [2.24, 2.45) is 5.73 Å². The summed E-state index contributed by atoms with van der Waals surface area (Å²) >= 11 is 0. The lowest BCUT2D eigenvalue weighted by molar-refractivity contribution is 0.625. The fourth-order valence-electron chi connectivity index (χ4n) is 2.79. The van der Waals surface area contributed by atoms with Gasteiger partial charge in [0.1, 0.15) is 5.65 Å². The second-order valence-electron chi connectivity index (χ2n) is 6.30. The van der Waals surface area contributed by atoms with Gasteiger partial charge in [-0.1, -0.05) is 18.7 Å². The van der Waals surface area contributed by atoms with Crippen LogP contribution in [0.3, 0.4) is 0 Å². The molecule has 2 heterocycles. The average molecular weight is 352 g/mol. The Balaban J connectivity index is 1.62. The highest BCUT2D eigenvalue weighted by Gasteiger charge is 2.06. The summed E-state index contributed by atoms with van der Waals surface area (Å²) < 4.78 is 1.57. The third-order valence-corrected chi connectivity index (χ3v) is 4.07. The molecule has 0 aliphatic rings. The van der Waals surface area contributed by atoms with Crippen LogP contribution in [0.5, 0.6) is 0 Å². The van der Waals surface area contributed by atoms with Crippen LogP contribution in [0.4, 0.5) is 0 Å². The van der Waals surface area contributed by atoms with Gasteiger partial charge in [0.25, 0.3) is 0 Å². The summed E-state index contributed by atoms with van der Waals surface area (Å²) in [6.45, 7) is 8.00. The number of H-pyrrole nitrogens is 1. The Labute approximate surface area is 151 Å². The van der Waals surface area contributed by atoms with E-state index in [2.05, 4.69) is 27.2 Å². The molecule has 136 valence electrons. The Hall–Kier alpha value is -3.06. The average Bonchev–Trinajstić information content (AvgIpc) is 2.96. The lowest BCUT2D eigenvalue weighted by Crippen LogP contribution is -2.24. The maximum Gasteiger partial charge on any atom is 0.354 e. The first-order valence-electron chi connectivity index (χ1n) is 8.60. The van der Waals surface area contributed by atoms with Crippen LogP contribution in [0.2, 0.25) is 0 Å². The summed E-state index contributed by atoms with van der Waals surface area (Å²) in [5.74, 6) is 0.498. The molecular formula is C19H24N6O. The summed E-state index contributed by atoms with van der Waals surface area (Å²) in [6.07, 6.45) is 2.78. The van der Waals surface area contributed by atoms with Crippen molar-refractivity contribution in [1.82, 2.24) is 25.2 Å². The van der Waals surface area contributed by atoms with Crippen molar-refractivity contribution >= 4 is 11.0 Å². The minimum absolute atomic E-state index is 0.292. The first-order valence-corrected chi connectivity index (χ1v) is 8.60. The molecule has 3 rings (SSSR count). The zero-order chi connectivity index (χ0) is 18.5. The molecule has 0 bridgehead atoms. The zero-order valence-corrected chi connectivity index (χ0v) is 14.9. The number of aryl methyl sites for hydroxylation is 1. The van der Waals surface area contributed by atoms with Gasteiger partial charge in [0.15, 0.2) is 0 Å². The van der Waals surface area contributed by atoms with Crippen molar-refractivity contribution in [2.45, 2.75) is 19.9 Å². The van der Waals surface area contributed by atoms with Gasteiger partial charge in [0.05, 0.1) is 11.5 Å². The molecule has 0 saturated heterocycles. The van der Waals surface area contributed by atoms with E-state index in [1.54, 1.807) is 4.57 Å². The highest BCUT2D eigenvalue weighted by Crippen LogP contribution is 2.13. The van der Waals surface area contributed by atoms with Crippen LogP contribution in [0.15, 0.2) is 53.7 Å². The zero-order valence-electron chi connectivity index (χ0n) is 14.9. The Morgan fingerprint density at radius 2 is 2.08 bits per heavy atom. The maximum atomic E-state index is 12.2. The third-order valence-electron chi connectivity index (χ3n) is 4.07. The summed E-state index contributed by atoms with van der Waals surface area (Å²) in [6, 6.07) is 9.88. The lowest BCUT2D eigenvalue weighted by Gasteiger charge is -2.08. The maximum absolute atomic E-state index is 12.2. The lowest BCUT2D eigenvalue weighted by atomic mass is 10.2. The molecule has 0 spiro atoms. The number of rotatable bonds is 8. The molecule has 1 aromatic carbocycles. The summed E-state index contributed by atoms with van der Waals surface area (Å²) in [4.78, 5) is 19.4. The quantitative estimate of drug-likeness (QED) is 0.461. The highest BCUT2D eigenvalue weighted by atomic mass is 16.1. The molecule has 0 amide bonds. The molecule has 0 aliphatic heterocycles. The number of nitrogens with one attached hydrogen (secondary N) is 3. The number of hydrogen-bond donors (Lipinski definition) is 4. The van der Waals surface area contributed by atoms with E-state index in [0.717, 1.165) is 48.4 Å². The van der Waals surface area contributed by atoms with E-state index in [4.69, 9.17) is 5.73 Å². The monoisotopic (exact) mass is 352 g/mol. The summed E-state index contributed by atoms with van der Waals surface area (Å²) in [5.41, 5.74) is 8.72. The fraction of sp³-hybridized carbons (Fsp3) is 0.263. The Kier molecular flexibility index (Phi) is 5.38. The first-order chi connectivity index (χ1) is 12.5. The Morgan fingerprint density at radius 3 is 2.81 bits per heavy atom. The minimum atomic E-state index is -0.292. The van der Waals surface area contributed by atoms with Crippen LogP contribution >= 0.6 is 0 Å². The largest absolute Gasteiger partial charge is 0.386 e. The molecule has 0 radical (unpaired) electrons. The predicted octanol–water partition coefficient (Wildman–Crippen LogP) is 1.52. The molecule has 0 unspecified atom stereocenters. The van der Waals surface area contributed by atoms with Crippen LogP contribution < -0.4 is 22.1 Å². The van der Waals surface area contributed by atoms with Gasteiger partial charge in [-0.3, -0.25) is 4.57 Å². The fourth-order valence-corrected chi connectivity index (χ4v) is 2.79. The molecule has 7 heteroatoms. The highest BCUT2D eigenvalue weighted by molar-refractivity contribution is 5.75. The van der Waals surface area contributed by atoms with Gasteiger partial charge in [-0.05, 0) is 43.7 Å². The van der Waals surface area contributed by atoms with Gasteiger partial charge in [0.2, 0.25) is 0 Å². The van der Waals surface area contributed by atoms with Crippen LogP contribution in [-0.4, -0.2) is 27.6 Å². The van der Waals surface area contributed by atoms with Gasteiger partial charge in [-0.25, -0.2) is 4.79 Å². The first kappa shape index (κ1) is 17.8.